The summed E-state index contributed by atoms with van der Waals surface area (Å²) in [6.07, 6.45) is 7.67. The molecule has 5 heterocycles. The summed E-state index contributed by atoms with van der Waals surface area (Å²) in [5.41, 5.74) is 4.78. The second-order valence-corrected chi connectivity index (χ2v) is 31.1. The Kier molecular flexibility index (Phi) is 13.6. The van der Waals surface area contributed by atoms with E-state index in [1.165, 1.54) is 0 Å². The fourth-order valence-corrected chi connectivity index (χ4v) is 10.1. The Morgan fingerprint density at radius 1 is 0.931 bits per heavy atom. The molecule has 4 aromatic rings. The van der Waals surface area contributed by atoms with Gasteiger partial charge in [-0.15, -0.1) is 0 Å². The summed E-state index contributed by atoms with van der Waals surface area (Å²) in [6.45, 7) is 21.9. The Labute approximate surface area is 354 Å². The van der Waals surface area contributed by atoms with Gasteiger partial charge in [0.1, 0.15) is 24.8 Å². The lowest BCUT2D eigenvalue weighted by molar-refractivity contribution is 0.00565. The van der Waals surface area contributed by atoms with Crippen LogP contribution in [0.4, 0.5) is 10.6 Å². The zero-order valence-electron chi connectivity index (χ0n) is 35.9. The number of anilines is 1. The SMILES string of the molecule is COc1ccc(-c2ccc(-c3cnn4c(N(COCC[Si](C)(C)C)COCC[Si](C)(C)C)c(Br)c(C5C[C@H]6CC[C@@H](C5)N6C(=O)OC(C)(C)C)nc34)cn2)cc1C=O. The monoisotopic (exact) mass is 892 g/mol. The number of methoxy groups -OCH3 is 1. The molecule has 2 aliphatic heterocycles. The second-order valence-electron chi connectivity index (χ2n) is 19.1. The molecule has 0 saturated carbocycles. The molecule has 0 spiro atoms. The van der Waals surface area contributed by atoms with Gasteiger partial charge in [-0.2, -0.15) is 9.61 Å². The van der Waals surface area contributed by atoms with E-state index in [4.69, 9.17) is 34.0 Å². The Hall–Kier alpha value is -3.64. The van der Waals surface area contributed by atoms with Crippen LogP contribution in [0.25, 0.3) is 28.0 Å². The maximum atomic E-state index is 13.4. The molecule has 58 heavy (non-hydrogen) atoms. The van der Waals surface area contributed by atoms with Crippen LogP contribution in [0.15, 0.2) is 47.2 Å². The minimum absolute atomic E-state index is 0.0664. The van der Waals surface area contributed by atoms with Gasteiger partial charge in [-0.05, 0) is 98.7 Å². The van der Waals surface area contributed by atoms with E-state index in [2.05, 4.69) is 60.1 Å². The number of rotatable bonds is 16. The highest BCUT2D eigenvalue weighted by Gasteiger charge is 2.46. The molecule has 2 aliphatic rings. The number of amides is 1. The van der Waals surface area contributed by atoms with Crippen LogP contribution in [0, 0.1) is 0 Å². The fraction of sp³-hybridized carbons (Fsp3) is 0.558. The number of benzene rings is 1. The van der Waals surface area contributed by atoms with Crippen LogP contribution in [-0.4, -0.2) is 104 Å². The van der Waals surface area contributed by atoms with Crippen molar-refractivity contribution in [2.75, 3.05) is 38.7 Å². The van der Waals surface area contributed by atoms with Crippen LogP contribution in [0.2, 0.25) is 51.4 Å². The Balaban J connectivity index is 1.40. The van der Waals surface area contributed by atoms with Crippen molar-refractivity contribution in [2.24, 2.45) is 0 Å². The van der Waals surface area contributed by atoms with E-state index in [0.29, 0.717) is 43.6 Å². The molecular weight excluding hydrogens is 833 g/mol. The molecule has 15 heteroatoms. The number of hydrogen-bond donors (Lipinski definition) is 0. The summed E-state index contributed by atoms with van der Waals surface area (Å²) in [5.74, 6) is 1.42. The summed E-state index contributed by atoms with van der Waals surface area (Å²) < 4.78 is 26.8. The van der Waals surface area contributed by atoms with Crippen LogP contribution in [0.3, 0.4) is 0 Å². The number of halogens is 1. The van der Waals surface area contributed by atoms with Crippen molar-refractivity contribution in [3.63, 3.8) is 0 Å². The van der Waals surface area contributed by atoms with Crippen LogP contribution < -0.4 is 9.64 Å². The van der Waals surface area contributed by atoms with E-state index in [1.54, 1.807) is 19.2 Å². The largest absolute Gasteiger partial charge is 0.496 e. The van der Waals surface area contributed by atoms with Gasteiger partial charge < -0.3 is 28.7 Å². The minimum Gasteiger partial charge on any atom is -0.496 e. The molecule has 0 N–H and O–H groups in total. The van der Waals surface area contributed by atoms with E-state index in [1.807, 2.05) is 60.8 Å². The average molecular weight is 894 g/mol. The summed E-state index contributed by atoms with van der Waals surface area (Å²) in [4.78, 5) is 39.5. The number of pyridine rings is 1. The maximum absolute atomic E-state index is 13.4. The number of carbonyl (C=O) groups excluding carboxylic acids is 2. The zero-order chi connectivity index (χ0) is 42.0. The molecule has 2 saturated heterocycles. The molecule has 1 amide bonds. The number of ether oxygens (including phenoxy) is 4. The number of aldehydes is 1. The molecule has 3 atom stereocenters. The normalized spacial score (nSPS) is 18.5. The highest BCUT2D eigenvalue weighted by Crippen LogP contribution is 2.47. The van der Waals surface area contributed by atoms with Gasteiger partial charge in [-0.1, -0.05) is 45.3 Å². The Morgan fingerprint density at radius 3 is 2.09 bits per heavy atom. The predicted molar refractivity (Wildman–Crippen MR) is 239 cm³/mol. The molecule has 2 fully saturated rings. The smallest absolute Gasteiger partial charge is 0.410 e. The van der Waals surface area contributed by atoms with Gasteiger partial charge in [-0.25, -0.2) is 9.78 Å². The summed E-state index contributed by atoms with van der Waals surface area (Å²) in [6, 6.07) is 11.7. The highest BCUT2D eigenvalue weighted by atomic mass is 79.9. The number of fused-ring (bicyclic) bond motifs is 3. The third-order valence-electron chi connectivity index (χ3n) is 10.8. The molecule has 0 radical (unpaired) electrons. The van der Waals surface area contributed by atoms with Gasteiger partial charge in [0.15, 0.2) is 17.8 Å². The third-order valence-corrected chi connectivity index (χ3v) is 15.0. The molecule has 3 aromatic heterocycles. The van der Waals surface area contributed by atoms with Gasteiger partial charge in [-0.3, -0.25) is 9.78 Å². The van der Waals surface area contributed by atoms with Crippen LogP contribution in [-0.2, 0) is 14.2 Å². The number of carbonyl (C=O) groups is 2. The van der Waals surface area contributed by atoms with Crippen molar-refractivity contribution < 1.29 is 28.5 Å². The van der Waals surface area contributed by atoms with Crippen LogP contribution in [0.5, 0.6) is 5.75 Å². The van der Waals surface area contributed by atoms with Gasteiger partial charge in [0.2, 0.25) is 0 Å². The van der Waals surface area contributed by atoms with Gasteiger partial charge >= 0.3 is 6.09 Å². The standard InChI is InChI=1S/C43H61BrN6O6Si2/c1-43(2,3)56-42(52)49-33-13-14-34(49)23-31(22-33)39-38(44)41(48(27-54-17-19-57(5,6)7)28-55-18-20-58(8,9)10)50-40(47-39)35(25-46-50)30-11-15-36(45-24-30)29-12-16-37(53-4)32(21-29)26-51/h11-12,15-16,21,24-26,31,33-34H,13-14,17-20,22-23,27-28H2,1-10H3/t31?,33-,34+. The van der Waals surface area contributed by atoms with Crippen molar-refractivity contribution >= 4 is 55.9 Å². The zero-order valence-corrected chi connectivity index (χ0v) is 39.5. The Bertz CT molecular complexity index is 2040. The van der Waals surface area contributed by atoms with Crippen LogP contribution in [0.1, 0.15) is 68.4 Å². The third kappa shape index (κ3) is 10.6. The van der Waals surface area contributed by atoms with Crippen molar-refractivity contribution in [3.05, 3.63) is 58.5 Å². The average Bonchev–Trinajstić information content (AvgIpc) is 3.69. The first-order valence-electron chi connectivity index (χ1n) is 20.4. The molecule has 1 unspecified atom stereocenters. The fourth-order valence-electron chi connectivity index (χ4n) is 7.71. The van der Waals surface area contributed by atoms with E-state index >= 15 is 0 Å². The quantitative estimate of drug-likeness (QED) is 0.0465. The molecule has 12 nitrogen and oxygen atoms in total. The molecule has 0 aliphatic carbocycles. The number of piperidine rings is 1. The lowest BCUT2D eigenvalue weighted by atomic mass is 9.88. The highest BCUT2D eigenvalue weighted by molar-refractivity contribution is 9.10. The van der Waals surface area contributed by atoms with E-state index < -0.39 is 21.7 Å². The predicted octanol–water partition coefficient (Wildman–Crippen LogP) is 10.1. The topological polar surface area (TPSA) is 121 Å². The van der Waals surface area contributed by atoms with Crippen molar-refractivity contribution in [2.45, 2.75) is 121 Å². The first kappa shape index (κ1) is 43.9. The number of aromatic nitrogens is 4. The summed E-state index contributed by atoms with van der Waals surface area (Å²) in [7, 11) is -1.09. The van der Waals surface area contributed by atoms with E-state index in [0.717, 1.165) is 82.4 Å². The molecule has 6 rings (SSSR count). The minimum atomic E-state index is -1.32. The first-order chi connectivity index (χ1) is 27.4. The number of nitrogens with zero attached hydrogens (tertiary/aromatic N) is 6. The first-order valence-corrected chi connectivity index (χ1v) is 28.7. The van der Waals surface area contributed by atoms with Crippen molar-refractivity contribution in [1.29, 1.82) is 0 Å². The Morgan fingerprint density at radius 2 is 1.55 bits per heavy atom. The summed E-state index contributed by atoms with van der Waals surface area (Å²) >= 11 is 4.07. The molecule has 2 bridgehead atoms. The number of hydrogen-bond acceptors (Lipinski definition) is 10. The van der Waals surface area contributed by atoms with Gasteiger partial charge in [0, 0.05) is 70.3 Å². The van der Waals surface area contributed by atoms with Crippen LogP contribution >= 0.6 is 15.9 Å². The van der Waals surface area contributed by atoms with Gasteiger partial charge in [0.25, 0.3) is 0 Å². The molecule has 314 valence electrons. The van der Waals surface area contributed by atoms with E-state index in [-0.39, 0.29) is 24.1 Å². The maximum Gasteiger partial charge on any atom is 0.410 e. The molecular formula is C43H61BrN6O6Si2. The molecule has 1 aromatic carbocycles. The lowest BCUT2D eigenvalue weighted by Gasteiger charge is -2.39. The summed E-state index contributed by atoms with van der Waals surface area (Å²) in [5, 5.41) is 4.97. The van der Waals surface area contributed by atoms with Crippen molar-refractivity contribution in [1.82, 2.24) is 24.5 Å². The van der Waals surface area contributed by atoms with Crippen molar-refractivity contribution in [3.8, 4) is 28.1 Å². The van der Waals surface area contributed by atoms with E-state index in [9.17, 15) is 9.59 Å². The second kappa shape index (κ2) is 17.9. The lowest BCUT2D eigenvalue weighted by Crippen LogP contribution is -2.48. The van der Waals surface area contributed by atoms with Gasteiger partial charge in [0.05, 0.1) is 34.7 Å².